The smallest absolute Gasteiger partial charge is 0.131 e. The second-order valence-electron chi connectivity index (χ2n) is 4.76. The number of rotatable bonds is 6. The minimum atomic E-state index is 0.446. The van der Waals surface area contributed by atoms with Gasteiger partial charge in [0.1, 0.15) is 18.1 Å². The van der Waals surface area contributed by atoms with Crippen LogP contribution in [0.5, 0.6) is 11.5 Å². The molecule has 0 aliphatic heterocycles. The first-order chi connectivity index (χ1) is 10.1. The first kappa shape index (κ1) is 15.9. The standard InChI is InChI=1S/C15H20BrN3O2/c1-10-15(16)13(19(3)18-10)9-21-14-7-12(20-4)6-5-11(14)8-17-2/h5-7,17H,8-9H2,1-4H3. The van der Waals surface area contributed by atoms with Gasteiger partial charge in [-0.05, 0) is 36.0 Å². The van der Waals surface area contributed by atoms with Gasteiger partial charge in [0.2, 0.25) is 0 Å². The monoisotopic (exact) mass is 353 g/mol. The molecule has 0 amide bonds. The van der Waals surface area contributed by atoms with Crippen molar-refractivity contribution < 1.29 is 9.47 Å². The van der Waals surface area contributed by atoms with Gasteiger partial charge in [-0.15, -0.1) is 0 Å². The van der Waals surface area contributed by atoms with Crippen molar-refractivity contribution in [3.63, 3.8) is 0 Å². The third-order valence-corrected chi connectivity index (χ3v) is 4.30. The molecule has 1 heterocycles. The summed E-state index contributed by atoms with van der Waals surface area (Å²) in [5, 5.41) is 7.51. The Bertz CT molecular complexity index is 626. The van der Waals surface area contributed by atoms with Gasteiger partial charge in [0, 0.05) is 25.2 Å². The molecule has 0 fully saturated rings. The predicted octanol–water partition coefficient (Wildman–Crippen LogP) is 2.80. The zero-order chi connectivity index (χ0) is 15.4. The molecular formula is C15H20BrN3O2. The molecule has 0 aliphatic carbocycles. The average molecular weight is 354 g/mol. The highest BCUT2D eigenvalue weighted by atomic mass is 79.9. The average Bonchev–Trinajstić information content (AvgIpc) is 2.71. The highest BCUT2D eigenvalue weighted by molar-refractivity contribution is 9.10. The van der Waals surface area contributed by atoms with Crippen LogP contribution in [0.2, 0.25) is 0 Å². The zero-order valence-electron chi connectivity index (χ0n) is 12.7. The number of hydrogen-bond donors (Lipinski definition) is 1. The fraction of sp³-hybridized carbons (Fsp3) is 0.400. The Balaban J connectivity index is 2.21. The Morgan fingerprint density at radius 1 is 1.38 bits per heavy atom. The molecule has 5 nitrogen and oxygen atoms in total. The number of nitrogens with one attached hydrogen (secondary N) is 1. The summed E-state index contributed by atoms with van der Waals surface area (Å²) in [6.45, 7) is 3.15. The highest BCUT2D eigenvalue weighted by Gasteiger charge is 2.12. The van der Waals surface area contributed by atoms with Gasteiger partial charge in [-0.25, -0.2) is 0 Å². The van der Waals surface area contributed by atoms with Crippen LogP contribution in [0.4, 0.5) is 0 Å². The molecule has 0 spiro atoms. The first-order valence-electron chi connectivity index (χ1n) is 6.69. The van der Waals surface area contributed by atoms with Crippen LogP contribution < -0.4 is 14.8 Å². The summed E-state index contributed by atoms with van der Waals surface area (Å²) in [5.74, 6) is 1.60. The Morgan fingerprint density at radius 2 is 2.14 bits per heavy atom. The van der Waals surface area contributed by atoms with E-state index in [0.29, 0.717) is 6.61 Å². The van der Waals surface area contributed by atoms with Crippen molar-refractivity contribution in [2.75, 3.05) is 14.2 Å². The summed E-state index contributed by atoms with van der Waals surface area (Å²) in [6.07, 6.45) is 0. The van der Waals surface area contributed by atoms with Crippen molar-refractivity contribution in [2.24, 2.45) is 7.05 Å². The molecule has 0 bridgehead atoms. The van der Waals surface area contributed by atoms with E-state index in [4.69, 9.17) is 9.47 Å². The first-order valence-corrected chi connectivity index (χ1v) is 7.48. The Morgan fingerprint density at radius 3 is 2.71 bits per heavy atom. The quantitative estimate of drug-likeness (QED) is 0.867. The molecule has 1 N–H and O–H groups in total. The molecule has 0 saturated heterocycles. The highest BCUT2D eigenvalue weighted by Crippen LogP contribution is 2.27. The molecule has 0 radical (unpaired) electrons. The van der Waals surface area contributed by atoms with E-state index < -0.39 is 0 Å². The van der Waals surface area contributed by atoms with E-state index in [1.54, 1.807) is 7.11 Å². The van der Waals surface area contributed by atoms with Crippen molar-refractivity contribution in [1.29, 1.82) is 0 Å². The molecule has 1 aromatic carbocycles. The predicted molar refractivity (Wildman–Crippen MR) is 85.7 cm³/mol. The SMILES string of the molecule is CNCc1ccc(OC)cc1OCc1c(Br)c(C)nn1C. The summed E-state index contributed by atoms with van der Waals surface area (Å²) >= 11 is 3.55. The van der Waals surface area contributed by atoms with Gasteiger partial charge in [0.25, 0.3) is 0 Å². The molecule has 0 aliphatic rings. The molecule has 0 atom stereocenters. The minimum absolute atomic E-state index is 0.446. The number of ether oxygens (including phenoxy) is 2. The van der Waals surface area contributed by atoms with E-state index in [0.717, 1.165) is 39.5 Å². The maximum atomic E-state index is 5.98. The Kier molecular flexibility index (Phi) is 5.25. The third-order valence-electron chi connectivity index (χ3n) is 3.27. The van der Waals surface area contributed by atoms with Crippen LogP contribution in [0, 0.1) is 6.92 Å². The van der Waals surface area contributed by atoms with Crippen LogP contribution in [-0.2, 0) is 20.2 Å². The summed E-state index contributed by atoms with van der Waals surface area (Å²) in [5.41, 5.74) is 3.05. The molecule has 1 aromatic heterocycles. The van der Waals surface area contributed by atoms with Gasteiger partial charge in [0.05, 0.1) is 23.0 Å². The lowest BCUT2D eigenvalue weighted by Crippen LogP contribution is -2.09. The molecule has 114 valence electrons. The topological polar surface area (TPSA) is 48.3 Å². The molecule has 21 heavy (non-hydrogen) atoms. The van der Waals surface area contributed by atoms with Crippen molar-refractivity contribution in [2.45, 2.75) is 20.1 Å². The van der Waals surface area contributed by atoms with E-state index in [9.17, 15) is 0 Å². The lowest BCUT2D eigenvalue weighted by Gasteiger charge is -2.13. The molecule has 0 unspecified atom stereocenters. The molecule has 6 heteroatoms. The Hall–Kier alpha value is -1.53. The van der Waals surface area contributed by atoms with Gasteiger partial charge in [-0.1, -0.05) is 6.07 Å². The van der Waals surface area contributed by atoms with Crippen molar-refractivity contribution in [3.8, 4) is 11.5 Å². The lowest BCUT2D eigenvalue weighted by atomic mass is 10.2. The van der Waals surface area contributed by atoms with Crippen LogP contribution in [0.25, 0.3) is 0 Å². The summed E-state index contributed by atoms with van der Waals surface area (Å²) in [6, 6.07) is 5.85. The number of methoxy groups -OCH3 is 1. The van der Waals surface area contributed by atoms with E-state index in [1.807, 2.05) is 43.9 Å². The lowest BCUT2D eigenvalue weighted by molar-refractivity contribution is 0.288. The van der Waals surface area contributed by atoms with Gasteiger partial charge in [-0.3, -0.25) is 4.68 Å². The maximum Gasteiger partial charge on any atom is 0.131 e. The van der Waals surface area contributed by atoms with Crippen molar-refractivity contribution in [3.05, 3.63) is 39.6 Å². The molecule has 2 rings (SSSR count). The fourth-order valence-electron chi connectivity index (χ4n) is 2.12. The number of benzene rings is 1. The van der Waals surface area contributed by atoms with E-state index in [1.165, 1.54) is 0 Å². The van der Waals surface area contributed by atoms with Crippen molar-refractivity contribution in [1.82, 2.24) is 15.1 Å². The number of aryl methyl sites for hydroxylation is 2. The van der Waals surface area contributed by atoms with Crippen LogP contribution in [0.1, 0.15) is 17.0 Å². The third kappa shape index (κ3) is 3.57. The van der Waals surface area contributed by atoms with Gasteiger partial charge in [-0.2, -0.15) is 5.10 Å². The van der Waals surface area contributed by atoms with E-state index in [2.05, 4.69) is 26.3 Å². The number of nitrogens with zero attached hydrogens (tertiary/aromatic N) is 2. The fourth-order valence-corrected chi connectivity index (χ4v) is 2.57. The van der Waals surface area contributed by atoms with Crippen LogP contribution >= 0.6 is 15.9 Å². The van der Waals surface area contributed by atoms with Crippen LogP contribution in [0.15, 0.2) is 22.7 Å². The number of aromatic nitrogens is 2. The Labute approximate surface area is 133 Å². The molecule has 2 aromatic rings. The van der Waals surface area contributed by atoms with E-state index in [-0.39, 0.29) is 0 Å². The summed E-state index contributed by atoms with van der Waals surface area (Å²) < 4.78 is 14.1. The maximum absolute atomic E-state index is 5.98. The number of hydrogen-bond acceptors (Lipinski definition) is 4. The van der Waals surface area contributed by atoms with Crippen molar-refractivity contribution >= 4 is 15.9 Å². The molecular weight excluding hydrogens is 334 g/mol. The van der Waals surface area contributed by atoms with E-state index >= 15 is 0 Å². The second kappa shape index (κ2) is 6.95. The normalized spacial score (nSPS) is 10.7. The summed E-state index contributed by atoms with van der Waals surface area (Å²) in [4.78, 5) is 0. The van der Waals surface area contributed by atoms with Gasteiger partial charge < -0.3 is 14.8 Å². The van der Waals surface area contributed by atoms with Gasteiger partial charge in [0.15, 0.2) is 0 Å². The minimum Gasteiger partial charge on any atom is -0.497 e. The molecule has 0 saturated carbocycles. The van der Waals surface area contributed by atoms with Crippen LogP contribution in [0.3, 0.4) is 0 Å². The zero-order valence-corrected chi connectivity index (χ0v) is 14.3. The second-order valence-corrected chi connectivity index (χ2v) is 5.56. The van der Waals surface area contributed by atoms with Gasteiger partial charge >= 0.3 is 0 Å². The number of halogens is 1. The largest absolute Gasteiger partial charge is 0.497 e. The summed E-state index contributed by atoms with van der Waals surface area (Å²) in [7, 11) is 5.48. The van der Waals surface area contributed by atoms with Crippen LogP contribution in [-0.4, -0.2) is 23.9 Å².